The summed E-state index contributed by atoms with van der Waals surface area (Å²) in [4.78, 5) is 15.0. The van der Waals surface area contributed by atoms with Crippen LogP contribution in [0.15, 0.2) is 29.3 Å². The minimum Gasteiger partial charge on any atom is -0.378 e. The molecule has 2 unspecified atom stereocenters. The second-order valence-corrected chi connectivity index (χ2v) is 5.43. The lowest BCUT2D eigenvalue weighted by Gasteiger charge is -2.11. The SMILES string of the molecule is CCNC(=NCCNc1ccccc1[N+](=O)[O-])NC1CC1C. The van der Waals surface area contributed by atoms with Crippen LogP contribution in [0, 0.1) is 16.0 Å². The molecule has 1 aromatic carbocycles. The largest absolute Gasteiger partial charge is 0.378 e. The molecule has 2 atom stereocenters. The van der Waals surface area contributed by atoms with E-state index in [1.165, 1.54) is 12.5 Å². The third kappa shape index (κ3) is 4.61. The Morgan fingerprint density at radius 1 is 1.45 bits per heavy atom. The van der Waals surface area contributed by atoms with Crippen LogP contribution >= 0.6 is 0 Å². The lowest BCUT2D eigenvalue weighted by atomic mass is 10.2. The number of guanidine groups is 1. The molecule has 22 heavy (non-hydrogen) atoms. The molecule has 0 amide bonds. The maximum absolute atomic E-state index is 10.9. The fourth-order valence-electron chi connectivity index (χ4n) is 2.16. The van der Waals surface area contributed by atoms with E-state index in [2.05, 4.69) is 27.9 Å². The van der Waals surface area contributed by atoms with Crippen LogP contribution in [0.1, 0.15) is 20.3 Å². The molecule has 1 fully saturated rings. The Bertz CT molecular complexity index is 546. The van der Waals surface area contributed by atoms with Gasteiger partial charge in [-0.05, 0) is 25.3 Å². The Hall–Kier alpha value is -2.31. The first-order valence-corrected chi connectivity index (χ1v) is 7.64. The van der Waals surface area contributed by atoms with Gasteiger partial charge in [-0.1, -0.05) is 19.1 Å². The minimum atomic E-state index is -0.383. The summed E-state index contributed by atoms with van der Waals surface area (Å²) in [6.45, 7) is 6.13. The fraction of sp³-hybridized carbons (Fsp3) is 0.533. The number of nitrogens with one attached hydrogen (secondary N) is 3. The van der Waals surface area contributed by atoms with Crippen molar-refractivity contribution in [3.63, 3.8) is 0 Å². The van der Waals surface area contributed by atoms with Gasteiger partial charge in [0.15, 0.2) is 5.96 Å². The Morgan fingerprint density at radius 2 is 2.18 bits per heavy atom. The zero-order valence-corrected chi connectivity index (χ0v) is 13.0. The number of nitro groups is 1. The molecular formula is C15H23N5O2. The molecule has 3 N–H and O–H groups in total. The van der Waals surface area contributed by atoms with Gasteiger partial charge in [0, 0.05) is 25.2 Å². The van der Waals surface area contributed by atoms with Gasteiger partial charge in [-0.25, -0.2) is 0 Å². The number of hydrogen-bond donors (Lipinski definition) is 3. The van der Waals surface area contributed by atoms with Crippen molar-refractivity contribution in [1.29, 1.82) is 0 Å². The zero-order chi connectivity index (χ0) is 15.9. The maximum atomic E-state index is 10.9. The highest BCUT2D eigenvalue weighted by Crippen LogP contribution is 2.28. The average Bonchev–Trinajstić information content (AvgIpc) is 3.19. The Balaban J connectivity index is 1.84. The molecule has 0 heterocycles. The van der Waals surface area contributed by atoms with Crippen LogP contribution in [-0.2, 0) is 0 Å². The van der Waals surface area contributed by atoms with Crippen molar-refractivity contribution in [3.8, 4) is 0 Å². The highest BCUT2D eigenvalue weighted by molar-refractivity contribution is 5.80. The number of para-hydroxylation sites is 2. The number of nitro benzene ring substituents is 1. The van der Waals surface area contributed by atoms with Crippen LogP contribution in [-0.4, -0.2) is 36.6 Å². The van der Waals surface area contributed by atoms with E-state index >= 15 is 0 Å². The van der Waals surface area contributed by atoms with Gasteiger partial charge in [0.2, 0.25) is 0 Å². The topological polar surface area (TPSA) is 91.6 Å². The summed E-state index contributed by atoms with van der Waals surface area (Å²) in [6.07, 6.45) is 1.18. The van der Waals surface area contributed by atoms with Crippen molar-refractivity contribution in [2.45, 2.75) is 26.3 Å². The Labute approximate surface area is 130 Å². The van der Waals surface area contributed by atoms with E-state index in [1.807, 2.05) is 6.92 Å². The van der Waals surface area contributed by atoms with E-state index in [0.717, 1.165) is 12.5 Å². The second kappa shape index (κ2) is 7.63. The number of benzene rings is 1. The van der Waals surface area contributed by atoms with Crippen molar-refractivity contribution in [2.24, 2.45) is 10.9 Å². The molecule has 1 aliphatic carbocycles. The molecule has 1 aromatic rings. The van der Waals surface area contributed by atoms with Gasteiger partial charge in [-0.15, -0.1) is 0 Å². The first-order chi connectivity index (χ1) is 10.6. The highest BCUT2D eigenvalue weighted by atomic mass is 16.6. The zero-order valence-electron chi connectivity index (χ0n) is 13.0. The van der Waals surface area contributed by atoms with Gasteiger partial charge in [-0.3, -0.25) is 15.1 Å². The summed E-state index contributed by atoms with van der Waals surface area (Å²) in [7, 11) is 0. The molecule has 7 nitrogen and oxygen atoms in total. The van der Waals surface area contributed by atoms with Gasteiger partial charge in [0.25, 0.3) is 5.69 Å². The predicted octanol–water partition coefficient (Wildman–Crippen LogP) is 1.97. The molecule has 0 saturated heterocycles. The lowest BCUT2D eigenvalue weighted by molar-refractivity contribution is -0.384. The third-order valence-electron chi connectivity index (χ3n) is 3.57. The van der Waals surface area contributed by atoms with Crippen molar-refractivity contribution in [2.75, 3.05) is 25.0 Å². The normalized spacial score (nSPS) is 20.4. The number of rotatable bonds is 7. The van der Waals surface area contributed by atoms with Gasteiger partial charge in [0.05, 0.1) is 11.5 Å². The van der Waals surface area contributed by atoms with E-state index in [9.17, 15) is 10.1 Å². The van der Waals surface area contributed by atoms with Crippen LogP contribution < -0.4 is 16.0 Å². The van der Waals surface area contributed by atoms with Crippen LogP contribution in [0.3, 0.4) is 0 Å². The molecule has 0 aliphatic heterocycles. The molecule has 7 heteroatoms. The monoisotopic (exact) mass is 305 g/mol. The lowest BCUT2D eigenvalue weighted by Crippen LogP contribution is -2.39. The van der Waals surface area contributed by atoms with Crippen molar-refractivity contribution in [1.82, 2.24) is 10.6 Å². The van der Waals surface area contributed by atoms with Crippen LogP contribution in [0.25, 0.3) is 0 Å². The van der Waals surface area contributed by atoms with Gasteiger partial charge in [-0.2, -0.15) is 0 Å². The first-order valence-electron chi connectivity index (χ1n) is 7.64. The number of aliphatic imine (C=N–C) groups is 1. The second-order valence-electron chi connectivity index (χ2n) is 5.43. The van der Waals surface area contributed by atoms with E-state index < -0.39 is 0 Å². The Morgan fingerprint density at radius 3 is 2.82 bits per heavy atom. The maximum Gasteiger partial charge on any atom is 0.292 e. The van der Waals surface area contributed by atoms with Crippen molar-refractivity contribution >= 4 is 17.3 Å². The average molecular weight is 305 g/mol. The highest BCUT2D eigenvalue weighted by Gasteiger charge is 2.33. The molecule has 0 spiro atoms. The number of hydrogen-bond acceptors (Lipinski definition) is 4. The predicted molar refractivity (Wildman–Crippen MR) is 88.3 cm³/mol. The third-order valence-corrected chi connectivity index (χ3v) is 3.57. The summed E-state index contributed by atoms with van der Waals surface area (Å²) >= 11 is 0. The first kappa shape index (κ1) is 16.1. The van der Waals surface area contributed by atoms with Gasteiger partial charge >= 0.3 is 0 Å². The molecular weight excluding hydrogens is 282 g/mol. The molecule has 1 saturated carbocycles. The van der Waals surface area contributed by atoms with Gasteiger partial charge in [0.1, 0.15) is 5.69 Å². The van der Waals surface area contributed by atoms with E-state index in [4.69, 9.17) is 0 Å². The molecule has 1 aliphatic rings. The molecule has 0 radical (unpaired) electrons. The van der Waals surface area contributed by atoms with Crippen LogP contribution in [0.2, 0.25) is 0 Å². The standard InChI is InChI=1S/C15H23N5O2/c1-3-16-15(19-13-10-11(13)2)18-9-8-17-12-6-4-5-7-14(12)20(21)22/h4-7,11,13,17H,3,8-10H2,1-2H3,(H2,16,18,19). The summed E-state index contributed by atoms with van der Waals surface area (Å²) in [5.74, 6) is 1.51. The van der Waals surface area contributed by atoms with Crippen LogP contribution in [0.5, 0.6) is 0 Å². The van der Waals surface area contributed by atoms with Gasteiger partial charge < -0.3 is 16.0 Å². The smallest absolute Gasteiger partial charge is 0.292 e. The molecule has 120 valence electrons. The minimum absolute atomic E-state index is 0.0864. The summed E-state index contributed by atoms with van der Waals surface area (Å²) in [6, 6.07) is 7.15. The quantitative estimate of drug-likeness (QED) is 0.235. The fourth-order valence-corrected chi connectivity index (χ4v) is 2.16. The Kier molecular flexibility index (Phi) is 5.57. The van der Waals surface area contributed by atoms with Crippen molar-refractivity contribution in [3.05, 3.63) is 34.4 Å². The molecule has 0 aromatic heterocycles. The van der Waals surface area contributed by atoms with E-state index in [0.29, 0.717) is 30.7 Å². The number of anilines is 1. The van der Waals surface area contributed by atoms with E-state index in [-0.39, 0.29) is 10.6 Å². The molecule has 2 rings (SSSR count). The van der Waals surface area contributed by atoms with Crippen LogP contribution in [0.4, 0.5) is 11.4 Å². The molecule has 0 bridgehead atoms. The number of nitrogens with zero attached hydrogens (tertiary/aromatic N) is 2. The summed E-state index contributed by atoms with van der Waals surface area (Å²) < 4.78 is 0. The van der Waals surface area contributed by atoms with Crippen molar-refractivity contribution < 1.29 is 4.92 Å². The van der Waals surface area contributed by atoms with E-state index in [1.54, 1.807) is 18.2 Å². The summed E-state index contributed by atoms with van der Waals surface area (Å²) in [5, 5.41) is 20.6. The summed E-state index contributed by atoms with van der Waals surface area (Å²) in [5.41, 5.74) is 0.611.